The van der Waals surface area contributed by atoms with Crippen LogP contribution in [-0.2, 0) is 13.1 Å². The second-order valence-electron chi connectivity index (χ2n) is 9.04. The highest BCUT2D eigenvalue weighted by atomic mass is 19.1. The van der Waals surface area contributed by atoms with Crippen LogP contribution in [0.4, 0.5) is 9.18 Å². The zero-order chi connectivity index (χ0) is 24.0. The molecular weight excluding hydrogens is 421 g/mol. The first-order valence-corrected chi connectivity index (χ1v) is 11.6. The van der Waals surface area contributed by atoms with Gasteiger partial charge in [-0.25, -0.2) is 9.18 Å². The molecule has 1 aliphatic rings. The van der Waals surface area contributed by atoms with Gasteiger partial charge in [-0.15, -0.1) is 0 Å². The van der Waals surface area contributed by atoms with E-state index < -0.39 is 0 Å². The number of hydrogen-bond donors (Lipinski definition) is 1. The zero-order valence-electron chi connectivity index (χ0n) is 20.4. The van der Waals surface area contributed by atoms with Gasteiger partial charge in [-0.3, -0.25) is 0 Å². The number of piperidine rings is 1. The Morgan fingerprint density at radius 3 is 2.48 bits per heavy atom. The maximum absolute atomic E-state index is 14.3. The number of hydrogen-bond acceptors (Lipinski definition) is 4. The van der Waals surface area contributed by atoms with Gasteiger partial charge in [-0.2, -0.15) is 0 Å². The van der Waals surface area contributed by atoms with Gasteiger partial charge in [0, 0.05) is 18.2 Å². The minimum absolute atomic E-state index is 0.0806. The van der Waals surface area contributed by atoms with Gasteiger partial charge in [0.25, 0.3) is 0 Å². The van der Waals surface area contributed by atoms with Gasteiger partial charge < -0.3 is 24.6 Å². The molecule has 1 saturated heterocycles. The van der Waals surface area contributed by atoms with E-state index in [1.54, 1.807) is 20.1 Å². The van der Waals surface area contributed by atoms with Crippen molar-refractivity contribution in [3.8, 4) is 11.5 Å². The average Bonchev–Trinajstić information content (AvgIpc) is 2.79. The second-order valence-corrected chi connectivity index (χ2v) is 9.04. The van der Waals surface area contributed by atoms with E-state index in [0.29, 0.717) is 30.0 Å². The van der Waals surface area contributed by atoms with Crippen LogP contribution in [0.3, 0.4) is 0 Å². The lowest BCUT2D eigenvalue weighted by Gasteiger charge is -2.37. The molecule has 7 heteroatoms. The monoisotopic (exact) mass is 457 g/mol. The van der Waals surface area contributed by atoms with Crippen LogP contribution in [0.5, 0.6) is 11.5 Å². The van der Waals surface area contributed by atoms with Crippen LogP contribution in [0.15, 0.2) is 36.4 Å². The molecule has 1 aliphatic heterocycles. The van der Waals surface area contributed by atoms with Gasteiger partial charge >= 0.3 is 6.03 Å². The third kappa shape index (κ3) is 6.84. The first-order valence-electron chi connectivity index (χ1n) is 11.6. The zero-order valence-corrected chi connectivity index (χ0v) is 20.4. The first kappa shape index (κ1) is 24.8. The molecule has 0 aliphatic carbocycles. The quantitative estimate of drug-likeness (QED) is 0.622. The van der Waals surface area contributed by atoms with E-state index in [4.69, 9.17) is 9.47 Å². The third-order valence-electron chi connectivity index (χ3n) is 6.03. The lowest BCUT2D eigenvalue weighted by molar-refractivity contribution is 0.126. The summed E-state index contributed by atoms with van der Waals surface area (Å²) in [6, 6.07) is 10.8. The molecule has 33 heavy (non-hydrogen) atoms. The van der Waals surface area contributed by atoms with E-state index >= 15 is 0 Å². The Kier molecular flexibility index (Phi) is 8.55. The van der Waals surface area contributed by atoms with Crippen molar-refractivity contribution < 1.29 is 18.7 Å². The summed E-state index contributed by atoms with van der Waals surface area (Å²) in [5.74, 6) is 1.11. The van der Waals surface area contributed by atoms with Crippen molar-refractivity contribution in [2.24, 2.45) is 0 Å². The molecule has 0 atom stereocenters. The van der Waals surface area contributed by atoms with Crippen LogP contribution < -0.4 is 14.8 Å². The van der Waals surface area contributed by atoms with Crippen LogP contribution in [0.1, 0.15) is 43.4 Å². The van der Waals surface area contributed by atoms with Crippen molar-refractivity contribution in [1.29, 1.82) is 0 Å². The van der Waals surface area contributed by atoms with E-state index in [2.05, 4.69) is 17.3 Å². The maximum atomic E-state index is 14.3. The standard InChI is InChI=1S/C26H36FN3O3/c1-18(2)33-23-8-6-20(7-9-23)16-28-26(31)30(22-10-12-29(4)13-11-22)17-21-15-24(27)19(3)14-25(21)32-5/h6-9,14-15,18,22H,10-13,16-17H2,1-5H3,(H,28,31). The summed E-state index contributed by atoms with van der Waals surface area (Å²) in [4.78, 5) is 17.4. The summed E-state index contributed by atoms with van der Waals surface area (Å²) in [5, 5.41) is 3.05. The van der Waals surface area contributed by atoms with Crippen molar-refractivity contribution >= 4 is 6.03 Å². The molecule has 1 fully saturated rings. The molecule has 2 amide bonds. The fraction of sp³-hybridized carbons (Fsp3) is 0.500. The smallest absolute Gasteiger partial charge is 0.318 e. The van der Waals surface area contributed by atoms with E-state index in [9.17, 15) is 9.18 Å². The van der Waals surface area contributed by atoms with Gasteiger partial charge in [0.1, 0.15) is 17.3 Å². The largest absolute Gasteiger partial charge is 0.496 e. The van der Waals surface area contributed by atoms with E-state index in [1.165, 1.54) is 6.07 Å². The number of rotatable bonds is 8. The predicted octanol–water partition coefficient (Wildman–Crippen LogP) is 4.74. The summed E-state index contributed by atoms with van der Waals surface area (Å²) in [5.41, 5.74) is 2.18. The minimum Gasteiger partial charge on any atom is -0.496 e. The van der Waals surface area contributed by atoms with Gasteiger partial charge in [0.05, 0.1) is 19.8 Å². The van der Waals surface area contributed by atoms with Crippen LogP contribution in [0.2, 0.25) is 0 Å². The topological polar surface area (TPSA) is 54.0 Å². The Bertz CT molecular complexity index is 925. The van der Waals surface area contributed by atoms with Crippen molar-refractivity contribution in [1.82, 2.24) is 15.1 Å². The average molecular weight is 458 g/mol. The molecule has 0 radical (unpaired) electrons. The van der Waals surface area contributed by atoms with Gasteiger partial charge in [-0.05, 0) is 89.1 Å². The molecule has 2 aromatic carbocycles. The van der Waals surface area contributed by atoms with Crippen molar-refractivity contribution in [2.75, 3.05) is 27.2 Å². The summed E-state index contributed by atoms with van der Waals surface area (Å²) in [6.45, 7) is 8.23. The van der Waals surface area contributed by atoms with Crippen LogP contribution in [-0.4, -0.2) is 55.2 Å². The third-order valence-corrected chi connectivity index (χ3v) is 6.03. The second kappa shape index (κ2) is 11.4. The van der Waals surface area contributed by atoms with E-state index in [-0.39, 0.29) is 24.0 Å². The number of carbonyl (C=O) groups is 1. The minimum atomic E-state index is -0.293. The number of amides is 2. The summed E-state index contributed by atoms with van der Waals surface area (Å²) in [7, 11) is 3.66. The Morgan fingerprint density at radius 1 is 1.21 bits per heavy atom. The maximum Gasteiger partial charge on any atom is 0.318 e. The number of benzene rings is 2. The fourth-order valence-corrected chi connectivity index (χ4v) is 4.10. The van der Waals surface area contributed by atoms with Crippen LogP contribution >= 0.6 is 0 Å². The Hall–Kier alpha value is -2.80. The molecule has 0 unspecified atom stereocenters. The van der Waals surface area contributed by atoms with Gasteiger partial charge in [0.15, 0.2) is 0 Å². The van der Waals surface area contributed by atoms with Crippen molar-refractivity contribution in [3.05, 3.63) is 58.9 Å². The van der Waals surface area contributed by atoms with Gasteiger partial charge in [0.2, 0.25) is 0 Å². The molecule has 0 aromatic heterocycles. The van der Waals surface area contributed by atoms with Crippen LogP contribution in [0.25, 0.3) is 0 Å². The Morgan fingerprint density at radius 2 is 1.88 bits per heavy atom. The summed E-state index contributed by atoms with van der Waals surface area (Å²) < 4.78 is 25.5. The lowest BCUT2D eigenvalue weighted by Crippen LogP contribution is -2.49. The Balaban J connectivity index is 1.74. The molecule has 180 valence electrons. The Labute approximate surface area is 196 Å². The summed E-state index contributed by atoms with van der Waals surface area (Å²) in [6.07, 6.45) is 1.87. The number of methoxy groups -OCH3 is 1. The predicted molar refractivity (Wildman–Crippen MR) is 128 cm³/mol. The molecular formula is C26H36FN3O3. The SMILES string of the molecule is COc1cc(C)c(F)cc1CN(C(=O)NCc1ccc(OC(C)C)cc1)C1CCN(C)CC1. The molecule has 3 rings (SSSR count). The lowest BCUT2D eigenvalue weighted by atomic mass is 10.0. The number of halogens is 1. The highest BCUT2D eigenvalue weighted by molar-refractivity contribution is 5.74. The highest BCUT2D eigenvalue weighted by Crippen LogP contribution is 2.27. The normalized spacial score (nSPS) is 14.9. The van der Waals surface area contributed by atoms with Gasteiger partial charge in [-0.1, -0.05) is 12.1 Å². The fourth-order valence-electron chi connectivity index (χ4n) is 4.10. The molecule has 0 saturated carbocycles. The molecule has 1 heterocycles. The number of urea groups is 1. The number of likely N-dealkylation sites (tertiary alicyclic amines) is 1. The molecule has 0 spiro atoms. The number of nitrogens with zero attached hydrogens (tertiary/aromatic N) is 2. The first-order chi connectivity index (χ1) is 15.8. The number of ether oxygens (including phenoxy) is 2. The molecule has 2 aromatic rings. The summed E-state index contributed by atoms with van der Waals surface area (Å²) >= 11 is 0. The number of carbonyl (C=O) groups excluding carboxylic acids is 1. The molecule has 6 nitrogen and oxygen atoms in total. The molecule has 0 bridgehead atoms. The molecule has 1 N–H and O–H groups in total. The van der Waals surface area contributed by atoms with Crippen LogP contribution in [0, 0.1) is 12.7 Å². The number of nitrogens with one attached hydrogen (secondary N) is 1. The number of aryl methyl sites for hydroxylation is 1. The van der Waals surface area contributed by atoms with E-state index in [0.717, 1.165) is 37.2 Å². The van der Waals surface area contributed by atoms with Crippen molar-refractivity contribution in [2.45, 2.75) is 58.8 Å². The van der Waals surface area contributed by atoms with E-state index in [1.807, 2.05) is 43.0 Å². The highest BCUT2D eigenvalue weighted by Gasteiger charge is 2.28. The van der Waals surface area contributed by atoms with Crippen molar-refractivity contribution in [3.63, 3.8) is 0 Å².